The first-order valence-electron chi connectivity index (χ1n) is 3.60. The van der Waals surface area contributed by atoms with Crippen molar-refractivity contribution >= 4 is 16.7 Å². The largest absolute Gasteiger partial charge is 0.399 e. The molecular weight excluding hydrogens is 172 g/mol. The first kappa shape index (κ1) is 9.22. The van der Waals surface area contributed by atoms with Crippen LogP contribution in [0.2, 0.25) is 0 Å². The zero-order valence-electron chi connectivity index (χ0n) is 6.91. The third kappa shape index (κ3) is 3.02. The van der Waals surface area contributed by atoms with Crippen LogP contribution in [-0.2, 0) is 17.5 Å². The van der Waals surface area contributed by atoms with Crippen LogP contribution in [0.4, 0.5) is 5.69 Å². The Morgan fingerprint density at radius 3 is 2.50 bits per heavy atom. The Balaban J connectivity index is 2.53. The lowest BCUT2D eigenvalue weighted by Crippen LogP contribution is -2.14. The first-order chi connectivity index (χ1) is 5.68. The maximum absolute atomic E-state index is 10.7. The van der Waals surface area contributed by atoms with Crippen molar-refractivity contribution in [3.63, 3.8) is 0 Å². The predicted octanol–water partition coefficient (Wildman–Crippen LogP) is 0.652. The van der Waals surface area contributed by atoms with Crippen LogP contribution < -0.4 is 10.5 Å². The van der Waals surface area contributed by atoms with Crippen LogP contribution in [-0.4, -0.2) is 10.5 Å². The summed E-state index contributed by atoms with van der Waals surface area (Å²) in [6.07, 6.45) is 1.61. The van der Waals surface area contributed by atoms with E-state index in [0.717, 1.165) is 11.3 Å². The Kier molecular flexibility index (Phi) is 3.25. The van der Waals surface area contributed by atoms with E-state index < -0.39 is 11.0 Å². The molecule has 66 valence electrons. The summed E-state index contributed by atoms with van der Waals surface area (Å²) in [5.74, 6) is 0. The van der Waals surface area contributed by atoms with E-state index in [4.69, 9.17) is 5.73 Å². The fourth-order valence-electron chi connectivity index (χ4n) is 0.820. The SMILES string of the molecule is CS(=O)NCc1ccc(N)cc1. The van der Waals surface area contributed by atoms with E-state index in [1.807, 2.05) is 24.3 Å². The van der Waals surface area contributed by atoms with Crippen molar-refractivity contribution in [2.45, 2.75) is 6.54 Å². The molecule has 0 saturated heterocycles. The molecule has 4 heteroatoms. The number of rotatable bonds is 3. The molecule has 0 amide bonds. The van der Waals surface area contributed by atoms with Gasteiger partial charge in [-0.1, -0.05) is 12.1 Å². The van der Waals surface area contributed by atoms with Crippen LogP contribution in [0.15, 0.2) is 24.3 Å². The van der Waals surface area contributed by atoms with Gasteiger partial charge in [-0.25, -0.2) is 8.93 Å². The molecule has 0 heterocycles. The normalized spacial score (nSPS) is 12.8. The number of hydrogen-bond acceptors (Lipinski definition) is 2. The minimum Gasteiger partial charge on any atom is -0.399 e. The molecular formula is C8H12N2OS. The van der Waals surface area contributed by atoms with E-state index in [1.54, 1.807) is 6.26 Å². The maximum Gasteiger partial charge on any atom is 0.0886 e. The Morgan fingerprint density at radius 1 is 1.42 bits per heavy atom. The van der Waals surface area contributed by atoms with Crippen LogP contribution >= 0.6 is 0 Å². The van der Waals surface area contributed by atoms with Gasteiger partial charge in [-0.3, -0.25) is 0 Å². The minimum absolute atomic E-state index is 0.614. The summed E-state index contributed by atoms with van der Waals surface area (Å²) in [4.78, 5) is 0. The molecule has 1 unspecified atom stereocenters. The summed E-state index contributed by atoms with van der Waals surface area (Å²) >= 11 is 0. The molecule has 1 atom stereocenters. The molecule has 0 saturated carbocycles. The van der Waals surface area contributed by atoms with E-state index in [0.29, 0.717) is 6.54 Å². The molecule has 3 N–H and O–H groups in total. The zero-order chi connectivity index (χ0) is 8.97. The van der Waals surface area contributed by atoms with E-state index in [2.05, 4.69) is 4.72 Å². The Labute approximate surface area is 74.6 Å². The molecule has 0 aromatic heterocycles. The van der Waals surface area contributed by atoms with Crippen LogP contribution in [0.25, 0.3) is 0 Å². The van der Waals surface area contributed by atoms with Crippen molar-refractivity contribution in [2.24, 2.45) is 0 Å². The van der Waals surface area contributed by atoms with Gasteiger partial charge in [0.05, 0.1) is 11.0 Å². The average Bonchev–Trinajstić information content (AvgIpc) is 2.03. The lowest BCUT2D eigenvalue weighted by molar-refractivity contribution is 0.676. The summed E-state index contributed by atoms with van der Waals surface area (Å²) < 4.78 is 13.5. The predicted molar refractivity (Wildman–Crippen MR) is 51.8 cm³/mol. The first-order valence-corrected chi connectivity index (χ1v) is 5.15. The highest BCUT2D eigenvalue weighted by Gasteiger charge is 1.92. The Morgan fingerprint density at radius 2 is 2.00 bits per heavy atom. The molecule has 0 radical (unpaired) electrons. The lowest BCUT2D eigenvalue weighted by Gasteiger charge is -2.01. The molecule has 1 aromatic rings. The molecule has 1 aromatic carbocycles. The fourth-order valence-corrected chi connectivity index (χ4v) is 1.19. The van der Waals surface area contributed by atoms with Crippen molar-refractivity contribution in [1.82, 2.24) is 4.72 Å². The highest BCUT2D eigenvalue weighted by atomic mass is 32.2. The second kappa shape index (κ2) is 4.23. The number of hydrogen-bond donors (Lipinski definition) is 2. The van der Waals surface area contributed by atoms with Crippen LogP contribution in [0, 0.1) is 0 Å². The van der Waals surface area contributed by atoms with E-state index in [9.17, 15) is 4.21 Å². The van der Waals surface area contributed by atoms with E-state index >= 15 is 0 Å². The Bertz CT molecular complexity index is 271. The van der Waals surface area contributed by atoms with Crippen molar-refractivity contribution in [3.8, 4) is 0 Å². The monoisotopic (exact) mass is 184 g/mol. The fraction of sp³-hybridized carbons (Fsp3) is 0.250. The molecule has 0 spiro atoms. The maximum atomic E-state index is 10.7. The van der Waals surface area contributed by atoms with Crippen LogP contribution in [0.3, 0.4) is 0 Å². The molecule has 1 rings (SSSR count). The third-order valence-electron chi connectivity index (χ3n) is 1.46. The van der Waals surface area contributed by atoms with Crippen molar-refractivity contribution < 1.29 is 4.21 Å². The summed E-state index contributed by atoms with van der Waals surface area (Å²) in [6, 6.07) is 7.48. The van der Waals surface area contributed by atoms with Gasteiger partial charge in [-0.2, -0.15) is 0 Å². The second-order valence-corrected chi connectivity index (χ2v) is 3.71. The smallest absolute Gasteiger partial charge is 0.0886 e. The summed E-state index contributed by atoms with van der Waals surface area (Å²) in [5, 5.41) is 0. The van der Waals surface area contributed by atoms with Crippen LogP contribution in [0.1, 0.15) is 5.56 Å². The molecule has 3 nitrogen and oxygen atoms in total. The van der Waals surface area contributed by atoms with Crippen molar-refractivity contribution in [1.29, 1.82) is 0 Å². The van der Waals surface area contributed by atoms with Gasteiger partial charge in [-0.15, -0.1) is 0 Å². The zero-order valence-corrected chi connectivity index (χ0v) is 7.73. The van der Waals surface area contributed by atoms with Gasteiger partial charge >= 0.3 is 0 Å². The van der Waals surface area contributed by atoms with Gasteiger partial charge in [0.1, 0.15) is 0 Å². The van der Waals surface area contributed by atoms with Crippen molar-refractivity contribution in [2.75, 3.05) is 12.0 Å². The van der Waals surface area contributed by atoms with E-state index in [-0.39, 0.29) is 0 Å². The van der Waals surface area contributed by atoms with Crippen LogP contribution in [0.5, 0.6) is 0 Å². The van der Waals surface area contributed by atoms with Gasteiger partial charge in [0.15, 0.2) is 0 Å². The molecule has 0 aliphatic carbocycles. The highest BCUT2D eigenvalue weighted by molar-refractivity contribution is 7.82. The summed E-state index contributed by atoms with van der Waals surface area (Å²) in [5.41, 5.74) is 7.33. The standard InChI is InChI=1S/C8H12N2OS/c1-12(11)10-6-7-2-4-8(9)5-3-7/h2-5,10H,6,9H2,1H3. The molecule has 0 fully saturated rings. The quantitative estimate of drug-likeness (QED) is 0.678. The summed E-state index contributed by atoms with van der Waals surface area (Å²) in [7, 11) is -0.953. The minimum atomic E-state index is -0.953. The molecule has 12 heavy (non-hydrogen) atoms. The second-order valence-electron chi connectivity index (χ2n) is 2.52. The number of nitrogen functional groups attached to an aromatic ring is 1. The molecule has 0 aliphatic heterocycles. The topological polar surface area (TPSA) is 55.1 Å². The Hall–Kier alpha value is -0.870. The molecule has 0 bridgehead atoms. The summed E-state index contributed by atoms with van der Waals surface area (Å²) in [6.45, 7) is 0.614. The lowest BCUT2D eigenvalue weighted by atomic mass is 10.2. The van der Waals surface area contributed by atoms with E-state index in [1.165, 1.54) is 0 Å². The van der Waals surface area contributed by atoms with Gasteiger partial charge in [0.25, 0.3) is 0 Å². The number of anilines is 1. The van der Waals surface area contributed by atoms with Gasteiger partial charge in [-0.05, 0) is 17.7 Å². The van der Waals surface area contributed by atoms with Crippen molar-refractivity contribution in [3.05, 3.63) is 29.8 Å². The highest BCUT2D eigenvalue weighted by Crippen LogP contribution is 2.04. The third-order valence-corrected chi connectivity index (χ3v) is 2.01. The van der Waals surface area contributed by atoms with Gasteiger partial charge in [0, 0.05) is 18.5 Å². The number of benzene rings is 1. The van der Waals surface area contributed by atoms with Gasteiger partial charge < -0.3 is 5.73 Å². The molecule has 0 aliphatic rings. The number of nitrogens with one attached hydrogen (secondary N) is 1. The average molecular weight is 184 g/mol. The van der Waals surface area contributed by atoms with Gasteiger partial charge in [0.2, 0.25) is 0 Å². The number of nitrogens with two attached hydrogens (primary N) is 1.